The van der Waals surface area contributed by atoms with Crippen LogP contribution in [0.4, 0.5) is 0 Å². The Labute approximate surface area is 168 Å². The number of nitrogens with zero attached hydrogens (tertiary/aromatic N) is 1. The summed E-state index contributed by atoms with van der Waals surface area (Å²) in [7, 11) is -0.863. The van der Waals surface area contributed by atoms with Crippen LogP contribution in [0.5, 0.6) is 11.5 Å². The summed E-state index contributed by atoms with van der Waals surface area (Å²) in [6.07, 6.45) is 0. The highest BCUT2D eigenvalue weighted by Gasteiger charge is 2.27. The molecule has 142 valence electrons. The van der Waals surface area contributed by atoms with Crippen molar-refractivity contribution in [3.8, 4) is 17.6 Å². The van der Waals surface area contributed by atoms with Gasteiger partial charge >= 0.3 is 7.12 Å². The van der Waals surface area contributed by atoms with Gasteiger partial charge in [-0.25, -0.2) is 0 Å². The van der Waals surface area contributed by atoms with Crippen molar-refractivity contribution >= 4 is 18.5 Å². The molecule has 1 aliphatic heterocycles. The highest BCUT2D eigenvalue weighted by atomic mass is 16.5. The molecule has 0 saturated heterocycles. The topological polar surface area (TPSA) is 91.6 Å². The summed E-state index contributed by atoms with van der Waals surface area (Å²) in [6.45, 7) is 0.749. The second-order valence-electron chi connectivity index (χ2n) is 6.64. The van der Waals surface area contributed by atoms with Gasteiger partial charge in [0.15, 0.2) is 0 Å². The zero-order valence-corrected chi connectivity index (χ0v) is 15.5. The molecule has 2 N–H and O–H groups in total. The Kier molecular flexibility index (Phi) is 5.30. The van der Waals surface area contributed by atoms with Crippen molar-refractivity contribution in [2.75, 3.05) is 0 Å². The molecule has 3 aromatic carbocycles. The minimum Gasteiger partial charge on any atom is -0.457 e. The zero-order valence-electron chi connectivity index (χ0n) is 15.5. The molecule has 1 amide bonds. The second-order valence-corrected chi connectivity index (χ2v) is 6.64. The molecule has 4 rings (SSSR count). The first-order chi connectivity index (χ1) is 14.1. The molecular formula is C22H17BN2O4. The molecule has 29 heavy (non-hydrogen) atoms. The molecule has 1 aliphatic rings. The van der Waals surface area contributed by atoms with Crippen LogP contribution >= 0.6 is 0 Å². The fourth-order valence-electron chi connectivity index (χ4n) is 3.06. The first kappa shape index (κ1) is 18.8. The number of nitrogens with one attached hydrogen (secondary N) is 1. The third-order valence-electron chi connectivity index (χ3n) is 4.67. The van der Waals surface area contributed by atoms with Crippen molar-refractivity contribution in [1.29, 1.82) is 5.26 Å². The van der Waals surface area contributed by atoms with Crippen molar-refractivity contribution in [2.45, 2.75) is 13.2 Å². The highest BCUT2D eigenvalue weighted by Crippen LogP contribution is 2.24. The quantitative estimate of drug-likeness (QED) is 0.660. The summed E-state index contributed by atoms with van der Waals surface area (Å²) in [4.78, 5) is 12.2. The third-order valence-corrected chi connectivity index (χ3v) is 4.67. The molecular weight excluding hydrogens is 367 g/mol. The van der Waals surface area contributed by atoms with Gasteiger partial charge in [0, 0.05) is 12.1 Å². The van der Waals surface area contributed by atoms with E-state index in [4.69, 9.17) is 14.7 Å². The van der Waals surface area contributed by atoms with Crippen LogP contribution in [0.2, 0.25) is 0 Å². The van der Waals surface area contributed by atoms with Crippen molar-refractivity contribution < 1.29 is 19.2 Å². The normalized spacial score (nSPS) is 12.2. The highest BCUT2D eigenvalue weighted by molar-refractivity contribution is 6.61. The van der Waals surface area contributed by atoms with Gasteiger partial charge in [0.25, 0.3) is 5.91 Å². The molecule has 6 nitrogen and oxygen atoms in total. The Morgan fingerprint density at radius 2 is 1.83 bits per heavy atom. The maximum atomic E-state index is 12.2. The number of carbonyl (C=O) groups excluding carboxylic acids is 1. The van der Waals surface area contributed by atoms with Gasteiger partial charge in [-0.3, -0.25) is 4.79 Å². The third kappa shape index (κ3) is 4.30. The van der Waals surface area contributed by atoms with Gasteiger partial charge in [0.1, 0.15) is 11.5 Å². The summed E-state index contributed by atoms with van der Waals surface area (Å²) >= 11 is 0. The number of hydrogen-bond donors (Lipinski definition) is 2. The summed E-state index contributed by atoms with van der Waals surface area (Å²) < 4.78 is 11.0. The minimum absolute atomic E-state index is 0.197. The molecule has 0 aliphatic carbocycles. The summed E-state index contributed by atoms with van der Waals surface area (Å²) in [5, 5.41) is 21.3. The Morgan fingerprint density at radius 1 is 1.10 bits per heavy atom. The molecule has 0 fully saturated rings. The van der Waals surface area contributed by atoms with Gasteiger partial charge in [-0.15, -0.1) is 0 Å². The summed E-state index contributed by atoms with van der Waals surface area (Å²) in [5.41, 5.74) is 3.64. The maximum absolute atomic E-state index is 12.2. The van der Waals surface area contributed by atoms with E-state index in [-0.39, 0.29) is 5.91 Å². The fraction of sp³-hybridized carbons (Fsp3) is 0.0909. The molecule has 0 unspecified atom stereocenters. The fourth-order valence-corrected chi connectivity index (χ4v) is 3.06. The maximum Gasteiger partial charge on any atom is 0.491 e. The number of carbonyl (C=O) groups is 1. The van der Waals surface area contributed by atoms with E-state index in [0.29, 0.717) is 35.8 Å². The van der Waals surface area contributed by atoms with Gasteiger partial charge in [0.2, 0.25) is 0 Å². The number of nitriles is 1. The van der Waals surface area contributed by atoms with Crippen molar-refractivity contribution in [3.63, 3.8) is 0 Å². The predicted octanol–water partition coefficient (Wildman–Crippen LogP) is 2.50. The number of rotatable bonds is 5. The van der Waals surface area contributed by atoms with Gasteiger partial charge in [0.05, 0.1) is 18.2 Å². The predicted molar refractivity (Wildman–Crippen MR) is 108 cm³/mol. The SMILES string of the molecule is N#Cc1ccc(C(=O)NCc2ccc(Oc3ccc4c(c3)COB4O)cc2)cc1. The average molecular weight is 384 g/mol. The zero-order chi connectivity index (χ0) is 20.2. The lowest BCUT2D eigenvalue weighted by Gasteiger charge is -2.09. The van der Waals surface area contributed by atoms with Crippen molar-refractivity contribution in [1.82, 2.24) is 5.32 Å². The van der Waals surface area contributed by atoms with Crippen molar-refractivity contribution in [2.24, 2.45) is 0 Å². The van der Waals surface area contributed by atoms with Gasteiger partial charge in [-0.2, -0.15) is 5.26 Å². The lowest BCUT2D eigenvalue weighted by molar-refractivity contribution is 0.0951. The van der Waals surface area contributed by atoms with Crippen LogP contribution in [0.3, 0.4) is 0 Å². The van der Waals surface area contributed by atoms with E-state index in [9.17, 15) is 9.82 Å². The Morgan fingerprint density at radius 3 is 2.55 bits per heavy atom. The number of amides is 1. The molecule has 7 heteroatoms. The monoisotopic (exact) mass is 384 g/mol. The molecule has 0 saturated carbocycles. The first-order valence-corrected chi connectivity index (χ1v) is 9.10. The summed E-state index contributed by atoms with van der Waals surface area (Å²) in [6, 6.07) is 21.4. The van der Waals surface area contributed by atoms with Crippen LogP contribution in [0.1, 0.15) is 27.0 Å². The van der Waals surface area contributed by atoms with Crippen LogP contribution in [0, 0.1) is 11.3 Å². The molecule has 0 aromatic heterocycles. The van der Waals surface area contributed by atoms with Crippen LogP contribution in [-0.2, 0) is 17.8 Å². The van der Waals surface area contributed by atoms with E-state index in [1.807, 2.05) is 36.4 Å². The molecule has 0 radical (unpaired) electrons. The lowest BCUT2D eigenvalue weighted by Crippen LogP contribution is -2.27. The second kappa shape index (κ2) is 8.19. The van der Waals surface area contributed by atoms with Crippen LogP contribution in [-0.4, -0.2) is 18.0 Å². The number of ether oxygens (including phenoxy) is 1. The van der Waals surface area contributed by atoms with Crippen LogP contribution in [0.15, 0.2) is 66.7 Å². The van der Waals surface area contributed by atoms with Gasteiger partial charge in [-0.1, -0.05) is 18.2 Å². The molecule has 1 heterocycles. The Hall–Kier alpha value is -3.60. The van der Waals surface area contributed by atoms with E-state index in [2.05, 4.69) is 5.32 Å². The van der Waals surface area contributed by atoms with E-state index >= 15 is 0 Å². The largest absolute Gasteiger partial charge is 0.491 e. The van der Waals surface area contributed by atoms with Crippen LogP contribution in [0.25, 0.3) is 0 Å². The molecule has 0 atom stereocenters. The van der Waals surface area contributed by atoms with Gasteiger partial charge < -0.3 is 19.7 Å². The van der Waals surface area contributed by atoms with E-state index in [1.165, 1.54) is 0 Å². The average Bonchev–Trinajstić information content (AvgIpc) is 3.13. The van der Waals surface area contributed by atoms with E-state index in [0.717, 1.165) is 16.6 Å². The van der Waals surface area contributed by atoms with E-state index in [1.54, 1.807) is 36.4 Å². The number of benzene rings is 3. The standard InChI is InChI=1S/C22H17BN2O4/c24-12-15-1-5-17(6-2-15)22(26)25-13-16-3-7-19(8-4-16)29-20-9-10-21-18(11-20)14-28-23(21)27/h1-11,27H,13-14H2,(H,25,26). The Balaban J connectivity index is 1.34. The van der Waals surface area contributed by atoms with Crippen LogP contribution < -0.4 is 15.5 Å². The number of fused-ring (bicyclic) bond motifs is 1. The molecule has 3 aromatic rings. The lowest BCUT2D eigenvalue weighted by atomic mass is 9.80. The molecule has 0 bridgehead atoms. The smallest absolute Gasteiger partial charge is 0.457 e. The number of hydrogen-bond acceptors (Lipinski definition) is 5. The van der Waals surface area contributed by atoms with Crippen molar-refractivity contribution in [3.05, 3.63) is 89.0 Å². The summed E-state index contributed by atoms with van der Waals surface area (Å²) in [5.74, 6) is 1.15. The molecule has 0 spiro atoms. The Bertz CT molecular complexity index is 1080. The first-order valence-electron chi connectivity index (χ1n) is 9.10. The van der Waals surface area contributed by atoms with E-state index < -0.39 is 7.12 Å². The van der Waals surface area contributed by atoms with Gasteiger partial charge in [-0.05, 0) is 65.1 Å². The minimum atomic E-state index is -0.863.